The molecule has 0 unspecified atom stereocenters. The largest absolute Gasteiger partial charge is 0.465 e. The van der Waals surface area contributed by atoms with Crippen LogP contribution < -0.4 is 5.56 Å². The third-order valence-corrected chi connectivity index (χ3v) is 7.00. The van der Waals surface area contributed by atoms with Gasteiger partial charge < -0.3 is 9.15 Å². The number of benzene rings is 2. The van der Waals surface area contributed by atoms with Crippen molar-refractivity contribution in [2.45, 2.75) is 10.9 Å². The highest BCUT2D eigenvalue weighted by atomic mass is 32.2. The van der Waals surface area contributed by atoms with Crippen molar-refractivity contribution in [3.63, 3.8) is 0 Å². The van der Waals surface area contributed by atoms with E-state index in [4.69, 9.17) is 14.1 Å². The Balaban J connectivity index is 1.57. The Labute approximate surface area is 197 Å². The van der Waals surface area contributed by atoms with Crippen LogP contribution in [0.25, 0.3) is 27.2 Å². The number of aromatic nitrogens is 2. The summed E-state index contributed by atoms with van der Waals surface area (Å²) in [6.45, 7) is 0. The van der Waals surface area contributed by atoms with E-state index in [9.17, 15) is 9.59 Å². The average molecular weight is 475 g/mol. The van der Waals surface area contributed by atoms with Gasteiger partial charge in [-0.05, 0) is 42.0 Å². The summed E-state index contributed by atoms with van der Waals surface area (Å²) in [7, 11) is 1.36. The van der Waals surface area contributed by atoms with Crippen molar-refractivity contribution in [3.05, 3.63) is 99.9 Å². The van der Waals surface area contributed by atoms with Gasteiger partial charge in [0.1, 0.15) is 10.6 Å². The van der Waals surface area contributed by atoms with Gasteiger partial charge in [-0.25, -0.2) is 9.78 Å². The van der Waals surface area contributed by atoms with E-state index in [1.165, 1.54) is 30.2 Å². The molecule has 0 aliphatic rings. The molecule has 164 valence electrons. The van der Waals surface area contributed by atoms with E-state index in [1.54, 1.807) is 29.0 Å². The summed E-state index contributed by atoms with van der Waals surface area (Å²) in [5.41, 5.74) is 2.86. The van der Waals surface area contributed by atoms with Crippen molar-refractivity contribution in [1.29, 1.82) is 0 Å². The van der Waals surface area contributed by atoms with Gasteiger partial charge in [-0.1, -0.05) is 42.1 Å². The minimum absolute atomic E-state index is 0.137. The van der Waals surface area contributed by atoms with Crippen molar-refractivity contribution in [3.8, 4) is 17.0 Å². The van der Waals surface area contributed by atoms with E-state index in [2.05, 4.69) is 0 Å². The van der Waals surface area contributed by atoms with Crippen molar-refractivity contribution < 1.29 is 13.9 Å². The summed E-state index contributed by atoms with van der Waals surface area (Å²) in [6, 6.07) is 20.4. The fourth-order valence-corrected chi connectivity index (χ4v) is 5.43. The Hall–Kier alpha value is -3.62. The van der Waals surface area contributed by atoms with Crippen molar-refractivity contribution in [2.75, 3.05) is 7.11 Å². The lowest BCUT2D eigenvalue weighted by Gasteiger charge is -2.12. The minimum Gasteiger partial charge on any atom is -0.465 e. The molecule has 33 heavy (non-hydrogen) atoms. The van der Waals surface area contributed by atoms with Gasteiger partial charge in [0.25, 0.3) is 5.56 Å². The Morgan fingerprint density at radius 2 is 1.88 bits per heavy atom. The zero-order chi connectivity index (χ0) is 22.8. The molecule has 0 saturated carbocycles. The maximum absolute atomic E-state index is 13.7. The quantitative estimate of drug-likeness (QED) is 0.176. The van der Waals surface area contributed by atoms with Gasteiger partial charge in [0.15, 0.2) is 5.16 Å². The van der Waals surface area contributed by atoms with Crippen LogP contribution in [0.2, 0.25) is 0 Å². The first-order valence-corrected chi connectivity index (χ1v) is 12.0. The normalized spacial score (nSPS) is 11.1. The van der Waals surface area contributed by atoms with Crippen LogP contribution in [0.3, 0.4) is 0 Å². The lowest BCUT2D eigenvalue weighted by Crippen LogP contribution is -2.21. The lowest BCUT2D eigenvalue weighted by molar-refractivity contribution is 0.0600. The number of carbonyl (C=O) groups is 1. The number of thioether (sulfide) groups is 1. The van der Waals surface area contributed by atoms with Crippen molar-refractivity contribution in [1.82, 2.24) is 9.55 Å². The van der Waals surface area contributed by atoms with E-state index in [0.717, 1.165) is 16.8 Å². The van der Waals surface area contributed by atoms with Crippen LogP contribution in [0.4, 0.5) is 0 Å². The molecule has 0 aliphatic carbocycles. The predicted molar refractivity (Wildman–Crippen MR) is 130 cm³/mol. The highest BCUT2D eigenvalue weighted by molar-refractivity contribution is 7.98. The molecule has 0 atom stereocenters. The van der Waals surface area contributed by atoms with Gasteiger partial charge >= 0.3 is 5.97 Å². The van der Waals surface area contributed by atoms with Crippen LogP contribution in [0.1, 0.15) is 15.9 Å². The molecule has 3 aromatic heterocycles. The molecule has 0 bridgehead atoms. The highest BCUT2D eigenvalue weighted by Crippen LogP contribution is 2.33. The minimum atomic E-state index is -0.371. The third kappa shape index (κ3) is 4.10. The number of carbonyl (C=O) groups excluding carboxylic acids is 1. The first-order chi connectivity index (χ1) is 16.2. The van der Waals surface area contributed by atoms with Gasteiger partial charge in [-0.3, -0.25) is 9.36 Å². The van der Waals surface area contributed by atoms with Crippen molar-refractivity contribution >= 4 is 39.3 Å². The number of thiophene rings is 1. The Bertz CT molecular complexity index is 1470. The predicted octanol–water partition coefficient (Wildman–Crippen LogP) is 5.79. The van der Waals surface area contributed by atoms with E-state index in [0.29, 0.717) is 32.4 Å². The van der Waals surface area contributed by atoms with Crippen LogP contribution in [0, 0.1) is 0 Å². The summed E-state index contributed by atoms with van der Waals surface area (Å²) >= 11 is 2.89. The Morgan fingerprint density at radius 1 is 1.09 bits per heavy atom. The molecule has 0 spiro atoms. The number of para-hydroxylation sites is 1. The fourth-order valence-electron chi connectivity index (χ4n) is 3.49. The second kappa shape index (κ2) is 9.09. The smallest absolute Gasteiger partial charge is 0.337 e. The number of rotatable bonds is 6. The number of hydrogen-bond acceptors (Lipinski definition) is 7. The van der Waals surface area contributed by atoms with Crippen LogP contribution >= 0.6 is 23.1 Å². The second-order valence-electron chi connectivity index (χ2n) is 7.15. The van der Waals surface area contributed by atoms with Gasteiger partial charge in [0.05, 0.1) is 30.0 Å². The lowest BCUT2D eigenvalue weighted by atomic mass is 10.1. The van der Waals surface area contributed by atoms with Crippen LogP contribution in [-0.2, 0) is 10.5 Å². The monoisotopic (exact) mass is 474 g/mol. The maximum Gasteiger partial charge on any atom is 0.337 e. The number of fused-ring (bicyclic) bond motifs is 1. The zero-order valence-corrected chi connectivity index (χ0v) is 19.2. The Morgan fingerprint density at radius 3 is 2.58 bits per heavy atom. The van der Waals surface area contributed by atoms with E-state index >= 15 is 0 Å². The molecule has 5 rings (SSSR count). The third-order valence-electron chi connectivity index (χ3n) is 5.12. The van der Waals surface area contributed by atoms with Gasteiger partial charge in [-0.2, -0.15) is 0 Å². The van der Waals surface area contributed by atoms with Gasteiger partial charge in [0, 0.05) is 16.7 Å². The molecule has 6 nitrogen and oxygen atoms in total. The Kier molecular flexibility index (Phi) is 5.85. The zero-order valence-electron chi connectivity index (χ0n) is 17.6. The summed E-state index contributed by atoms with van der Waals surface area (Å²) in [4.78, 5) is 30.9. The number of methoxy groups -OCH3 is 1. The molecule has 0 saturated heterocycles. The summed E-state index contributed by atoms with van der Waals surface area (Å²) < 4.78 is 12.0. The highest BCUT2D eigenvalue weighted by Gasteiger charge is 2.19. The number of esters is 1. The molecule has 8 heteroatoms. The van der Waals surface area contributed by atoms with Gasteiger partial charge in [-0.15, -0.1) is 11.3 Å². The summed E-state index contributed by atoms with van der Waals surface area (Å²) in [5, 5.41) is 3.06. The number of ether oxygens (including phenoxy) is 1. The second-order valence-corrected chi connectivity index (χ2v) is 8.96. The molecule has 0 aliphatic heterocycles. The molecule has 3 heterocycles. The topological polar surface area (TPSA) is 74.3 Å². The first kappa shape index (κ1) is 21.2. The molecule has 0 fully saturated rings. The van der Waals surface area contributed by atoms with Crippen molar-refractivity contribution in [2.24, 2.45) is 0 Å². The average Bonchev–Trinajstić information content (AvgIpc) is 3.53. The maximum atomic E-state index is 13.7. The van der Waals surface area contributed by atoms with Crippen LogP contribution in [0.5, 0.6) is 0 Å². The van der Waals surface area contributed by atoms with Gasteiger partial charge in [0.2, 0.25) is 0 Å². The SMILES string of the molecule is COC(=O)c1ccc(CSc2nc3scc(-c4ccco4)c3c(=O)n2-c2ccccc2)cc1. The molecular weight excluding hydrogens is 456 g/mol. The summed E-state index contributed by atoms with van der Waals surface area (Å²) in [5.74, 6) is 0.859. The number of hydrogen-bond donors (Lipinski definition) is 0. The van der Waals surface area contributed by atoms with Crippen LogP contribution in [0.15, 0.2) is 92.7 Å². The standard InChI is InChI=1S/C25H18N2O4S2/c1-30-24(29)17-11-9-16(10-12-17)14-33-25-26-22-21(19(15-32-22)20-8-5-13-31-20)23(28)27(25)18-6-3-2-4-7-18/h2-13,15H,14H2,1H3. The van der Waals surface area contributed by atoms with E-state index in [1.807, 2.05) is 53.9 Å². The van der Waals surface area contributed by atoms with E-state index in [-0.39, 0.29) is 11.5 Å². The molecule has 5 aromatic rings. The number of furan rings is 1. The molecule has 0 radical (unpaired) electrons. The molecule has 0 N–H and O–H groups in total. The summed E-state index contributed by atoms with van der Waals surface area (Å²) in [6.07, 6.45) is 1.59. The fraction of sp³-hybridized carbons (Fsp3) is 0.0800. The first-order valence-electron chi connectivity index (χ1n) is 10.1. The number of nitrogens with zero attached hydrogens (tertiary/aromatic N) is 2. The molecule has 0 amide bonds. The molecular formula is C25H18N2O4S2. The van der Waals surface area contributed by atoms with E-state index < -0.39 is 0 Å². The molecule has 2 aromatic carbocycles. The van der Waals surface area contributed by atoms with Crippen LogP contribution in [-0.4, -0.2) is 22.6 Å².